The summed E-state index contributed by atoms with van der Waals surface area (Å²) < 4.78 is 12.9. The van der Waals surface area contributed by atoms with Crippen molar-refractivity contribution in [1.82, 2.24) is 9.55 Å². The van der Waals surface area contributed by atoms with Gasteiger partial charge in [-0.3, -0.25) is 0 Å². The molecule has 4 rings (SSSR count). The van der Waals surface area contributed by atoms with Crippen molar-refractivity contribution >= 4 is 11.0 Å². The van der Waals surface area contributed by atoms with Gasteiger partial charge >= 0.3 is 0 Å². The summed E-state index contributed by atoms with van der Waals surface area (Å²) in [5, 5.41) is 9.21. The number of aromatic nitrogens is 2. The number of aliphatic hydroxyl groups excluding tert-OH is 1. The maximum atomic E-state index is 9.21. The normalized spacial score (nSPS) is 17.6. The SMILES string of the molecule is OCCn1c(C2CC2)nc2cc3c(cc21)OCO3. The summed E-state index contributed by atoms with van der Waals surface area (Å²) in [7, 11) is 0. The van der Waals surface area contributed by atoms with Crippen LogP contribution in [0.4, 0.5) is 0 Å². The van der Waals surface area contributed by atoms with Crippen molar-refractivity contribution in [3.63, 3.8) is 0 Å². The van der Waals surface area contributed by atoms with E-state index in [-0.39, 0.29) is 13.4 Å². The molecule has 0 bridgehead atoms. The lowest BCUT2D eigenvalue weighted by Gasteiger charge is -2.06. The van der Waals surface area contributed by atoms with E-state index >= 15 is 0 Å². The molecule has 0 spiro atoms. The van der Waals surface area contributed by atoms with Gasteiger partial charge in [0.15, 0.2) is 11.5 Å². The molecule has 0 atom stereocenters. The van der Waals surface area contributed by atoms with E-state index in [9.17, 15) is 5.11 Å². The summed E-state index contributed by atoms with van der Waals surface area (Å²) in [5.74, 6) is 3.17. The zero-order chi connectivity index (χ0) is 12.1. The predicted octanol–water partition coefficient (Wildman–Crippen LogP) is 1.63. The zero-order valence-electron chi connectivity index (χ0n) is 9.93. The lowest BCUT2D eigenvalue weighted by molar-refractivity contribution is 0.174. The van der Waals surface area contributed by atoms with Gasteiger partial charge in [-0.25, -0.2) is 4.98 Å². The maximum Gasteiger partial charge on any atom is 0.231 e. The Balaban J connectivity index is 1.93. The molecule has 1 aliphatic heterocycles. The van der Waals surface area contributed by atoms with Gasteiger partial charge in [-0.05, 0) is 12.8 Å². The third kappa shape index (κ3) is 1.40. The third-order valence-electron chi connectivity index (χ3n) is 3.54. The van der Waals surface area contributed by atoms with Crippen LogP contribution in [0, 0.1) is 0 Å². The van der Waals surface area contributed by atoms with E-state index in [4.69, 9.17) is 9.47 Å². The highest BCUT2D eigenvalue weighted by Crippen LogP contribution is 2.42. The van der Waals surface area contributed by atoms with Crippen LogP contribution in [-0.2, 0) is 6.54 Å². The molecule has 1 saturated carbocycles. The second-order valence-electron chi connectivity index (χ2n) is 4.81. The number of benzene rings is 1. The van der Waals surface area contributed by atoms with Crippen LogP contribution in [0.2, 0.25) is 0 Å². The van der Waals surface area contributed by atoms with E-state index in [0.717, 1.165) is 28.4 Å². The molecular formula is C13H14N2O3. The van der Waals surface area contributed by atoms with Crippen LogP contribution in [0.5, 0.6) is 11.5 Å². The Labute approximate surface area is 104 Å². The van der Waals surface area contributed by atoms with Crippen LogP contribution in [0.3, 0.4) is 0 Å². The summed E-state index contributed by atoms with van der Waals surface area (Å²) in [5.41, 5.74) is 1.95. The van der Waals surface area contributed by atoms with Crippen molar-refractivity contribution in [3.8, 4) is 11.5 Å². The van der Waals surface area contributed by atoms with Crippen molar-refractivity contribution in [1.29, 1.82) is 0 Å². The van der Waals surface area contributed by atoms with Gasteiger partial charge in [-0.2, -0.15) is 0 Å². The molecule has 0 amide bonds. The van der Waals surface area contributed by atoms with Crippen LogP contribution in [0.25, 0.3) is 11.0 Å². The lowest BCUT2D eigenvalue weighted by atomic mass is 10.2. The van der Waals surface area contributed by atoms with E-state index in [1.807, 2.05) is 12.1 Å². The van der Waals surface area contributed by atoms with Crippen molar-refractivity contribution in [2.45, 2.75) is 25.3 Å². The second-order valence-corrected chi connectivity index (χ2v) is 4.81. The van der Waals surface area contributed by atoms with Gasteiger partial charge in [0.25, 0.3) is 0 Å². The summed E-state index contributed by atoms with van der Waals surface area (Å²) in [4.78, 5) is 4.69. The molecule has 0 saturated heterocycles. The molecule has 94 valence electrons. The molecule has 1 aromatic heterocycles. The third-order valence-corrected chi connectivity index (χ3v) is 3.54. The minimum Gasteiger partial charge on any atom is -0.454 e. The number of hydrogen-bond donors (Lipinski definition) is 1. The van der Waals surface area contributed by atoms with Crippen LogP contribution in [-0.4, -0.2) is 28.1 Å². The number of nitrogens with zero attached hydrogens (tertiary/aromatic N) is 2. The molecule has 5 heteroatoms. The molecule has 2 aliphatic rings. The first kappa shape index (κ1) is 10.2. The molecule has 5 nitrogen and oxygen atoms in total. The van der Waals surface area contributed by atoms with Crippen LogP contribution < -0.4 is 9.47 Å². The Morgan fingerprint density at radius 3 is 2.78 bits per heavy atom. The number of fused-ring (bicyclic) bond motifs is 2. The molecule has 1 fully saturated rings. The standard InChI is InChI=1S/C13H14N2O3/c16-4-3-15-10-6-12-11(17-7-18-12)5-9(10)14-13(15)8-1-2-8/h5-6,8,16H,1-4,7H2. The fourth-order valence-corrected chi connectivity index (χ4v) is 2.52. The lowest BCUT2D eigenvalue weighted by Crippen LogP contribution is -2.06. The van der Waals surface area contributed by atoms with Crippen LogP contribution in [0.1, 0.15) is 24.6 Å². The Hall–Kier alpha value is -1.75. The van der Waals surface area contributed by atoms with Crippen LogP contribution >= 0.6 is 0 Å². The number of rotatable bonds is 3. The average Bonchev–Trinajstić information content (AvgIpc) is 3.02. The largest absolute Gasteiger partial charge is 0.454 e. The first-order chi connectivity index (χ1) is 8.86. The molecular weight excluding hydrogens is 232 g/mol. The Kier molecular flexibility index (Phi) is 2.05. The summed E-state index contributed by atoms with van der Waals surface area (Å²) >= 11 is 0. The number of hydrogen-bond acceptors (Lipinski definition) is 4. The van der Waals surface area contributed by atoms with Gasteiger partial charge < -0.3 is 19.1 Å². The summed E-state index contributed by atoms with van der Waals surface area (Å²) in [6.45, 7) is 0.985. The van der Waals surface area contributed by atoms with E-state index in [1.165, 1.54) is 12.8 Å². The predicted molar refractivity (Wildman–Crippen MR) is 64.9 cm³/mol. The monoisotopic (exact) mass is 246 g/mol. The fourth-order valence-electron chi connectivity index (χ4n) is 2.52. The van der Waals surface area contributed by atoms with Crippen molar-refractivity contribution in [2.24, 2.45) is 0 Å². The molecule has 2 aromatic rings. The zero-order valence-corrected chi connectivity index (χ0v) is 9.93. The minimum atomic E-state index is 0.125. The van der Waals surface area contributed by atoms with Crippen molar-refractivity contribution in [2.75, 3.05) is 13.4 Å². The van der Waals surface area contributed by atoms with Gasteiger partial charge in [0.05, 0.1) is 17.6 Å². The fraction of sp³-hybridized carbons (Fsp3) is 0.462. The topological polar surface area (TPSA) is 56.5 Å². The minimum absolute atomic E-state index is 0.125. The van der Waals surface area contributed by atoms with E-state index in [2.05, 4.69) is 9.55 Å². The average molecular weight is 246 g/mol. The van der Waals surface area contributed by atoms with Crippen molar-refractivity contribution < 1.29 is 14.6 Å². The molecule has 2 heterocycles. The van der Waals surface area contributed by atoms with E-state index in [0.29, 0.717) is 12.5 Å². The Morgan fingerprint density at radius 1 is 1.28 bits per heavy atom. The van der Waals surface area contributed by atoms with Gasteiger partial charge in [-0.15, -0.1) is 0 Å². The van der Waals surface area contributed by atoms with Gasteiger partial charge in [0, 0.05) is 24.6 Å². The summed E-state index contributed by atoms with van der Waals surface area (Å²) in [6.07, 6.45) is 2.39. The molecule has 18 heavy (non-hydrogen) atoms. The summed E-state index contributed by atoms with van der Waals surface area (Å²) in [6, 6.07) is 3.89. The van der Waals surface area contributed by atoms with E-state index in [1.54, 1.807) is 0 Å². The molecule has 0 radical (unpaired) electrons. The number of ether oxygens (including phenoxy) is 2. The number of imidazole rings is 1. The first-order valence-corrected chi connectivity index (χ1v) is 6.27. The Bertz CT molecular complexity index is 616. The Morgan fingerprint density at radius 2 is 2.06 bits per heavy atom. The highest BCUT2D eigenvalue weighted by molar-refractivity contribution is 5.81. The first-order valence-electron chi connectivity index (χ1n) is 6.27. The van der Waals surface area contributed by atoms with E-state index < -0.39 is 0 Å². The smallest absolute Gasteiger partial charge is 0.231 e. The van der Waals surface area contributed by atoms with Gasteiger partial charge in [0.2, 0.25) is 6.79 Å². The van der Waals surface area contributed by atoms with Gasteiger partial charge in [-0.1, -0.05) is 0 Å². The molecule has 1 aliphatic carbocycles. The second kappa shape index (κ2) is 3.62. The van der Waals surface area contributed by atoms with Crippen LogP contribution in [0.15, 0.2) is 12.1 Å². The van der Waals surface area contributed by atoms with Crippen molar-refractivity contribution in [3.05, 3.63) is 18.0 Å². The maximum absolute atomic E-state index is 9.21. The highest BCUT2D eigenvalue weighted by atomic mass is 16.7. The van der Waals surface area contributed by atoms with Gasteiger partial charge in [0.1, 0.15) is 5.82 Å². The molecule has 1 N–H and O–H groups in total. The molecule has 0 unspecified atom stereocenters. The number of aliphatic hydroxyl groups is 1. The highest BCUT2D eigenvalue weighted by Gasteiger charge is 2.30. The quantitative estimate of drug-likeness (QED) is 0.894. The molecule has 1 aromatic carbocycles.